The van der Waals surface area contributed by atoms with E-state index >= 15 is 0 Å². The Bertz CT molecular complexity index is 955. The van der Waals surface area contributed by atoms with Gasteiger partial charge in [0.05, 0.1) is 6.54 Å². The maximum absolute atomic E-state index is 5.59. The van der Waals surface area contributed by atoms with Crippen molar-refractivity contribution in [2.75, 3.05) is 33.7 Å². The Labute approximate surface area is 193 Å². The minimum absolute atomic E-state index is 0.592. The van der Waals surface area contributed by atoms with E-state index in [9.17, 15) is 0 Å². The van der Waals surface area contributed by atoms with Crippen LogP contribution in [0.2, 0.25) is 0 Å². The van der Waals surface area contributed by atoms with Crippen molar-refractivity contribution in [3.8, 4) is 12.3 Å². The van der Waals surface area contributed by atoms with Crippen molar-refractivity contribution in [1.82, 2.24) is 21.5 Å². The molecule has 0 aliphatic heterocycles. The van der Waals surface area contributed by atoms with Crippen molar-refractivity contribution in [1.29, 1.82) is 0 Å². The van der Waals surface area contributed by atoms with E-state index in [1.165, 1.54) is 0 Å². The largest absolute Gasteiger partial charge is 0.384 e. The number of hydrazine groups is 1. The van der Waals surface area contributed by atoms with E-state index in [0.29, 0.717) is 13.1 Å². The molecule has 0 heterocycles. The maximum Gasteiger partial charge on any atom is 0.0565 e. The second kappa shape index (κ2) is 15.2. The van der Waals surface area contributed by atoms with Gasteiger partial charge in [0.1, 0.15) is 0 Å². The fourth-order valence-corrected chi connectivity index (χ4v) is 2.91. The van der Waals surface area contributed by atoms with E-state index in [0.717, 1.165) is 45.8 Å². The first-order valence-electron chi connectivity index (χ1n) is 10.5. The lowest BCUT2D eigenvalue weighted by Gasteiger charge is -2.15. The first-order valence-corrected chi connectivity index (χ1v) is 10.5. The number of aliphatic imine (C=N–C) groups is 1. The highest BCUT2D eigenvalue weighted by atomic mass is 15.3. The molecule has 0 saturated carbocycles. The zero-order chi connectivity index (χ0) is 23.8. The molecule has 168 valence electrons. The Kier molecular flexibility index (Phi) is 12.6. The topological polar surface area (TPSA) is 60.5 Å². The second-order valence-electron chi connectivity index (χ2n) is 6.85. The molecule has 1 aromatic carbocycles. The molecule has 1 rings (SSSR count). The van der Waals surface area contributed by atoms with Gasteiger partial charge in [-0.25, -0.2) is 5.43 Å². The number of nitrogens with one attached hydrogen (secondary N) is 4. The molecule has 0 bridgehead atoms. The van der Waals surface area contributed by atoms with E-state index in [1.807, 2.05) is 56.5 Å². The molecule has 4 N–H and O–H groups in total. The zero-order valence-corrected chi connectivity index (χ0v) is 19.5. The molecule has 0 saturated heterocycles. The van der Waals surface area contributed by atoms with Crippen LogP contribution in [0, 0.1) is 12.3 Å². The van der Waals surface area contributed by atoms with Crippen molar-refractivity contribution in [2.45, 2.75) is 6.92 Å². The average molecular weight is 430 g/mol. The molecule has 1 aromatic rings. The summed E-state index contributed by atoms with van der Waals surface area (Å²) in [5, 5.41) is 6.33. The Balaban J connectivity index is 3.15. The third-order valence-corrected chi connectivity index (χ3v) is 4.49. The summed E-state index contributed by atoms with van der Waals surface area (Å²) in [6.45, 7) is 16.4. The smallest absolute Gasteiger partial charge is 0.0565 e. The van der Waals surface area contributed by atoms with Crippen molar-refractivity contribution >= 4 is 11.3 Å². The van der Waals surface area contributed by atoms with Crippen LogP contribution >= 0.6 is 0 Å². The summed E-state index contributed by atoms with van der Waals surface area (Å²) in [4.78, 5) is 4.78. The first kappa shape index (κ1) is 26.4. The van der Waals surface area contributed by atoms with Gasteiger partial charge in [0.2, 0.25) is 0 Å². The van der Waals surface area contributed by atoms with Gasteiger partial charge in [-0.2, -0.15) is 0 Å². The third kappa shape index (κ3) is 9.05. The lowest BCUT2D eigenvalue weighted by molar-refractivity contribution is 0.730. The molecular weight excluding hydrogens is 394 g/mol. The predicted octanol–water partition coefficient (Wildman–Crippen LogP) is 3.74. The van der Waals surface area contributed by atoms with E-state index in [4.69, 9.17) is 11.4 Å². The van der Waals surface area contributed by atoms with Crippen LogP contribution in [0.5, 0.6) is 0 Å². The van der Waals surface area contributed by atoms with Gasteiger partial charge in [-0.1, -0.05) is 49.9 Å². The number of rotatable bonds is 14. The van der Waals surface area contributed by atoms with Crippen LogP contribution in [-0.2, 0) is 0 Å². The number of nitrogens with zero attached hydrogens (tertiary/aromatic N) is 1. The van der Waals surface area contributed by atoms with E-state index in [-0.39, 0.29) is 0 Å². The molecule has 0 fully saturated rings. The van der Waals surface area contributed by atoms with Crippen molar-refractivity contribution in [3.05, 3.63) is 102 Å². The molecule has 0 amide bonds. The van der Waals surface area contributed by atoms with Crippen LogP contribution in [0.1, 0.15) is 18.1 Å². The van der Waals surface area contributed by atoms with Gasteiger partial charge in [-0.15, -0.1) is 6.42 Å². The summed E-state index contributed by atoms with van der Waals surface area (Å²) in [6, 6.07) is 7.78. The number of likely N-dealkylation sites (N-methyl/N-ethyl adjacent to an activating group) is 1. The van der Waals surface area contributed by atoms with E-state index < -0.39 is 0 Å². The molecule has 0 spiro atoms. The average Bonchev–Trinajstić information content (AvgIpc) is 2.81. The lowest BCUT2D eigenvalue weighted by atomic mass is 9.91. The highest BCUT2D eigenvalue weighted by Crippen LogP contribution is 2.27. The highest BCUT2D eigenvalue weighted by Gasteiger charge is 2.13. The number of benzene rings is 1. The molecule has 5 nitrogen and oxygen atoms in total. The Morgan fingerprint density at radius 1 is 1.22 bits per heavy atom. The Morgan fingerprint density at radius 3 is 2.66 bits per heavy atom. The third-order valence-electron chi connectivity index (χ3n) is 4.49. The molecule has 32 heavy (non-hydrogen) atoms. The Morgan fingerprint density at radius 2 is 2.00 bits per heavy atom. The summed E-state index contributed by atoms with van der Waals surface area (Å²) in [6.07, 6.45) is 15.1. The lowest BCUT2D eigenvalue weighted by Crippen LogP contribution is -2.20. The summed E-state index contributed by atoms with van der Waals surface area (Å²) in [5.41, 5.74) is 11.9. The van der Waals surface area contributed by atoms with Gasteiger partial charge in [0, 0.05) is 48.9 Å². The molecule has 0 aromatic heterocycles. The summed E-state index contributed by atoms with van der Waals surface area (Å²) < 4.78 is 0. The minimum Gasteiger partial charge on any atom is -0.384 e. The molecule has 0 radical (unpaired) electrons. The molecule has 5 heteroatoms. The van der Waals surface area contributed by atoms with Gasteiger partial charge < -0.3 is 16.1 Å². The van der Waals surface area contributed by atoms with Crippen molar-refractivity contribution < 1.29 is 0 Å². The van der Waals surface area contributed by atoms with Crippen molar-refractivity contribution in [2.24, 2.45) is 4.99 Å². The number of hydrogen-bond acceptors (Lipinski definition) is 5. The van der Waals surface area contributed by atoms with E-state index in [1.54, 1.807) is 19.3 Å². The fraction of sp³-hybridized carbons (Fsp3) is 0.222. The monoisotopic (exact) mass is 429 g/mol. The predicted molar refractivity (Wildman–Crippen MR) is 140 cm³/mol. The van der Waals surface area contributed by atoms with Gasteiger partial charge >= 0.3 is 0 Å². The van der Waals surface area contributed by atoms with Crippen LogP contribution in [0.4, 0.5) is 0 Å². The van der Waals surface area contributed by atoms with Crippen LogP contribution < -0.4 is 21.5 Å². The standard InChI is InChI=1S/C27H35N5/c1-8-24-13-10-14-26(20-24)22(4)27(25(9-2)15-17-32-29-7)23(5)31-19-18-30-21(3)12-11-16-28-6/h1,9-15,17,20,28-30,32H,2-4,16,18-19H2,5-7H3/b12-11+,17-15-,27-25+,31-23?. The van der Waals surface area contributed by atoms with Gasteiger partial charge in [-0.05, 0) is 55.0 Å². The Hall–Kier alpha value is -3.59. The zero-order valence-electron chi connectivity index (χ0n) is 19.5. The minimum atomic E-state index is 0.592. The van der Waals surface area contributed by atoms with Crippen molar-refractivity contribution in [3.63, 3.8) is 0 Å². The highest BCUT2D eigenvalue weighted by molar-refractivity contribution is 6.13. The maximum atomic E-state index is 5.59. The fourth-order valence-electron chi connectivity index (χ4n) is 2.91. The van der Waals surface area contributed by atoms with Crippen LogP contribution in [0.15, 0.2) is 96.3 Å². The van der Waals surface area contributed by atoms with Crippen LogP contribution in [0.25, 0.3) is 5.57 Å². The second-order valence-corrected chi connectivity index (χ2v) is 6.85. The quantitative estimate of drug-likeness (QED) is 0.120. The summed E-state index contributed by atoms with van der Waals surface area (Å²) >= 11 is 0. The van der Waals surface area contributed by atoms with Gasteiger partial charge in [-0.3, -0.25) is 4.99 Å². The van der Waals surface area contributed by atoms with Crippen LogP contribution in [0.3, 0.4) is 0 Å². The molecule has 0 aliphatic rings. The van der Waals surface area contributed by atoms with Crippen LogP contribution in [-0.4, -0.2) is 39.4 Å². The van der Waals surface area contributed by atoms with E-state index in [2.05, 4.69) is 47.1 Å². The van der Waals surface area contributed by atoms with Gasteiger partial charge in [0.25, 0.3) is 0 Å². The number of allylic oxidation sites excluding steroid dienone is 6. The number of hydrogen-bond donors (Lipinski definition) is 4. The molecule has 0 atom stereocenters. The summed E-state index contributed by atoms with van der Waals surface area (Å²) in [7, 11) is 3.70. The van der Waals surface area contributed by atoms with Gasteiger partial charge in [0.15, 0.2) is 0 Å². The first-order chi connectivity index (χ1) is 15.5. The SMILES string of the molecule is C#Cc1cccc(C(=C)/C(C(C)=NCCNC(=C)/C=C/CNC)=C(C=C)\C=C/NNC)c1. The summed E-state index contributed by atoms with van der Waals surface area (Å²) in [5.74, 6) is 2.68. The normalized spacial score (nSPS) is 12.4. The molecular formula is C27H35N5. The molecule has 0 unspecified atom stereocenters. The number of terminal acetylenes is 1. The molecule has 0 aliphatic carbocycles.